The van der Waals surface area contributed by atoms with Gasteiger partial charge >= 0.3 is 0 Å². The topological polar surface area (TPSA) is 91.8 Å². The van der Waals surface area contributed by atoms with E-state index in [4.69, 9.17) is 4.74 Å². The van der Waals surface area contributed by atoms with E-state index in [1.807, 2.05) is 6.07 Å². The SMILES string of the molecule is CN=C(NCCc1ccc(F)cc1)NCc1cccc(S(=O)(=O)NCCOC)c1. The van der Waals surface area contributed by atoms with Gasteiger partial charge in [0, 0.05) is 33.8 Å². The molecule has 9 heteroatoms. The Hall–Kier alpha value is -2.49. The maximum absolute atomic E-state index is 12.9. The van der Waals surface area contributed by atoms with Crippen LogP contribution in [0.1, 0.15) is 11.1 Å². The summed E-state index contributed by atoms with van der Waals surface area (Å²) in [4.78, 5) is 4.36. The molecule has 0 saturated carbocycles. The number of methoxy groups -OCH3 is 1. The molecule has 2 rings (SSSR count). The van der Waals surface area contributed by atoms with Crippen molar-refractivity contribution in [1.29, 1.82) is 0 Å². The Balaban J connectivity index is 1.86. The van der Waals surface area contributed by atoms with E-state index in [9.17, 15) is 12.8 Å². The summed E-state index contributed by atoms with van der Waals surface area (Å²) in [6.45, 7) is 1.56. The second-order valence-corrected chi connectivity index (χ2v) is 8.03. The lowest BCUT2D eigenvalue weighted by atomic mass is 10.1. The number of ether oxygens (including phenoxy) is 1. The number of nitrogens with zero attached hydrogens (tertiary/aromatic N) is 1. The van der Waals surface area contributed by atoms with E-state index >= 15 is 0 Å². The van der Waals surface area contributed by atoms with Crippen LogP contribution in [0.4, 0.5) is 4.39 Å². The fraction of sp³-hybridized carbons (Fsp3) is 0.350. The number of benzene rings is 2. The first-order valence-electron chi connectivity index (χ1n) is 9.21. The van der Waals surface area contributed by atoms with Crippen molar-refractivity contribution in [2.24, 2.45) is 4.99 Å². The molecule has 0 spiro atoms. The molecule has 0 aromatic heterocycles. The van der Waals surface area contributed by atoms with Crippen LogP contribution in [-0.2, 0) is 27.7 Å². The lowest BCUT2D eigenvalue weighted by Crippen LogP contribution is -2.37. The Morgan fingerprint density at radius 1 is 1.07 bits per heavy atom. The zero-order valence-electron chi connectivity index (χ0n) is 16.6. The molecule has 0 aliphatic carbocycles. The largest absolute Gasteiger partial charge is 0.383 e. The summed E-state index contributed by atoms with van der Waals surface area (Å²) in [6, 6.07) is 13.1. The Morgan fingerprint density at radius 2 is 1.83 bits per heavy atom. The maximum Gasteiger partial charge on any atom is 0.240 e. The number of sulfonamides is 1. The zero-order chi connectivity index (χ0) is 21.1. The van der Waals surface area contributed by atoms with Gasteiger partial charge in [-0.2, -0.15) is 0 Å². The standard InChI is InChI=1S/C20H27FN4O3S/c1-22-20(23-11-10-16-6-8-18(21)9-7-16)24-15-17-4-3-5-19(14-17)29(26,27)25-12-13-28-2/h3-9,14,25H,10-13,15H2,1-2H3,(H2,22,23,24). The summed E-state index contributed by atoms with van der Waals surface area (Å²) in [5.74, 6) is 0.343. The van der Waals surface area contributed by atoms with Crippen LogP contribution < -0.4 is 15.4 Å². The smallest absolute Gasteiger partial charge is 0.240 e. The van der Waals surface area contributed by atoms with Crippen molar-refractivity contribution in [3.8, 4) is 0 Å². The van der Waals surface area contributed by atoms with Crippen molar-refractivity contribution < 1.29 is 17.5 Å². The first kappa shape index (κ1) is 22.8. The molecule has 158 valence electrons. The Labute approximate surface area is 171 Å². The Morgan fingerprint density at radius 3 is 2.52 bits per heavy atom. The highest BCUT2D eigenvalue weighted by Crippen LogP contribution is 2.11. The minimum absolute atomic E-state index is 0.201. The van der Waals surface area contributed by atoms with E-state index in [1.54, 1.807) is 37.4 Å². The highest BCUT2D eigenvalue weighted by molar-refractivity contribution is 7.89. The quantitative estimate of drug-likeness (QED) is 0.308. The van der Waals surface area contributed by atoms with E-state index < -0.39 is 10.0 Å². The van der Waals surface area contributed by atoms with E-state index in [0.717, 1.165) is 17.5 Å². The van der Waals surface area contributed by atoms with Crippen molar-refractivity contribution in [1.82, 2.24) is 15.4 Å². The Kier molecular flexibility index (Phi) is 9.04. The molecule has 3 N–H and O–H groups in total. The third kappa shape index (κ3) is 7.80. The minimum atomic E-state index is -3.58. The fourth-order valence-electron chi connectivity index (χ4n) is 2.57. The molecule has 2 aromatic carbocycles. The van der Waals surface area contributed by atoms with Gasteiger partial charge in [0.15, 0.2) is 5.96 Å². The van der Waals surface area contributed by atoms with Gasteiger partial charge in [-0.25, -0.2) is 17.5 Å². The average Bonchev–Trinajstić information content (AvgIpc) is 2.72. The molecule has 0 atom stereocenters. The fourth-order valence-corrected chi connectivity index (χ4v) is 3.65. The van der Waals surface area contributed by atoms with Gasteiger partial charge in [-0.05, 0) is 41.8 Å². The van der Waals surface area contributed by atoms with Crippen molar-refractivity contribution in [2.45, 2.75) is 17.9 Å². The third-order valence-corrected chi connectivity index (χ3v) is 5.57. The van der Waals surface area contributed by atoms with Crippen LogP contribution in [0.25, 0.3) is 0 Å². The predicted octanol–water partition coefficient (Wildman–Crippen LogP) is 1.66. The van der Waals surface area contributed by atoms with E-state index in [1.165, 1.54) is 19.2 Å². The van der Waals surface area contributed by atoms with Crippen LogP contribution in [0, 0.1) is 5.82 Å². The third-order valence-electron chi connectivity index (χ3n) is 4.11. The molecular formula is C20H27FN4O3S. The molecule has 0 aliphatic rings. The number of nitrogens with one attached hydrogen (secondary N) is 3. The molecule has 0 unspecified atom stereocenters. The van der Waals surface area contributed by atoms with Crippen LogP contribution in [0.2, 0.25) is 0 Å². The van der Waals surface area contributed by atoms with Crippen LogP contribution in [0.5, 0.6) is 0 Å². The van der Waals surface area contributed by atoms with Gasteiger partial charge in [0.1, 0.15) is 5.82 Å². The first-order valence-corrected chi connectivity index (χ1v) is 10.7. The van der Waals surface area contributed by atoms with Gasteiger partial charge in [-0.1, -0.05) is 24.3 Å². The number of hydrogen-bond acceptors (Lipinski definition) is 4. The number of hydrogen-bond donors (Lipinski definition) is 3. The summed E-state index contributed by atoms with van der Waals surface area (Å²) in [6.07, 6.45) is 0.724. The highest BCUT2D eigenvalue weighted by atomic mass is 32.2. The molecule has 0 radical (unpaired) electrons. The van der Waals surface area contributed by atoms with Gasteiger partial charge in [0.05, 0.1) is 11.5 Å². The second kappa shape index (κ2) is 11.5. The van der Waals surface area contributed by atoms with Crippen molar-refractivity contribution in [3.63, 3.8) is 0 Å². The zero-order valence-corrected chi connectivity index (χ0v) is 17.4. The highest BCUT2D eigenvalue weighted by Gasteiger charge is 2.13. The molecule has 0 bridgehead atoms. The molecule has 0 saturated heterocycles. The van der Waals surface area contributed by atoms with E-state index in [-0.39, 0.29) is 17.3 Å². The molecule has 2 aromatic rings. The number of rotatable bonds is 10. The second-order valence-electron chi connectivity index (χ2n) is 6.27. The van der Waals surface area contributed by atoms with Gasteiger partial charge in [0.25, 0.3) is 0 Å². The maximum atomic E-state index is 12.9. The van der Waals surface area contributed by atoms with Gasteiger partial charge in [-0.15, -0.1) is 0 Å². The van der Waals surface area contributed by atoms with Crippen LogP contribution in [-0.4, -0.2) is 48.2 Å². The molecular weight excluding hydrogens is 395 g/mol. The molecule has 0 fully saturated rings. The minimum Gasteiger partial charge on any atom is -0.383 e. The molecule has 0 aliphatic heterocycles. The van der Waals surface area contributed by atoms with Crippen LogP contribution in [0.15, 0.2) is 58.4 Å². The normalized spacial score (nSPS) is 12.0. The van der Waals surface area contributed by atoms with Crippen molar-refractivity contribution in [3.05, 3.63) is 65.5 Å². The predicted molar refractivity (Wildman–Crippen MR) is 112 cm³/mol. The number of guanidine groups is 1. The lowest BCUT2D eigenvalue weighted by Gasteiger charge is -2.13. The number of halogens is 1. The molecule has 29 heavy (non-hydrogen) atoms. The van der Waals surface area contributed by atoms with Gasteiger partial charge < -0.3 is 15.4 Å². The summed E-state index contributed by atoms with van der Waals surface area (Å²) in [7, 11) is -0.402. The molecule has 0 amide bonds. The first-order chi connectivity index (χ1) is 13.9. The molecule has 7 nitrogen and oxygen atoms in total. The van der Waals surface area contributed by atoms with E-state index in [2.05, 4.69) is 20.3 Å². The van der Waals surface area contributed by atoms with Gasteiger partial charge in [-0.3, -0.25) is 4.99 Å². The van der Waals surface area contributed by atoms with Crippen molar-refractivity contribution >= 4 is 16.0 Å². The number of aliphatic imine (C=N–C) groups is 1. The Bertz CT molecular complexity index is 902. The summed E-state index contributed by atoms with van der Waals surface area (Å²) in [5, 5.41) is 6.34. The summed E-state index contributed by atoms with van der Waals surface area (Å²) >= 11 is 0. The van der Waals surface area contributed by atoms with E-state index in [0.29, 0.717) is 25.7 Å². The van der Waals surface area contributed by atoms with Crippen LogP contribution in [0.3, 0.4) is 0 Å². The summed E-state index contributed by atoms with van der Waals surface area (Å²) in [5.41, 5.74) is 1.83. The van der Waals surface area contributed by atoms with Crippen molar-refractivity contribution in [2.75, 3.05) is 33.9 Å². The monoisotopic (exact) mass is 422 g/mol. The lowest BCUT2D eigenvalue weighted by molar-refractivity contribution is 0.204. The summed E-state index contributed by atoms with van der Waals surface area (Å²) < 4.78 is 44.9. The average molecular weight is 423 g/mol. The van der Waals surface area contributed by atoms with Crippen LogP contribution >= 0.6 is 0 Å². The van der Waals surface area contributed by atoms with Gasteiger partial charge in [0.2, 0.25) is 10.0 Å². The molecule has 0 heterocycles.